The molecule has 2 aromatic carbocycles. The van der Waals surface area contributed by atoms with Crippen LogP contribution in [0.25, 0.3) is 0 Å². The van der Waals surface area contributed by atoms with Crippen molar-refractivity contribution in [1.29, 1.82) is 0 Å². The number of rotatable bonds is 5. The quantitative estimate of drug-likeness (QED) is 0.754. The van der Waals surface area contributed by atoms with Gasteiger partial charge in [0, 0.05) is 5.56 Å². The van der Waals surface area contributed by atoms with Crippen molar-refractivity contribution in [1.82, 2.24) is 0 Å². The van der Waals surface area contributed by atoms with Gasteiger partial charge in [-0.1, -0.05) is 37.3 Å². The van der Waals surface area contributed by atoms with Crippen LogP contribution in [-0.4, -0.2) is 5.78 Å². The lowest BCUT2D eigenvalue weighted by molar-refractivity contribution is 0.101. The van der Waals surface area contributed by atoms with Gasteiger partial charge in [-0.2, -0.15) is 0 Å². The van der Waals surface area contributed by atoms with Crippen molar-refractivity contribution >= 4 is 5.78 Å². The highest BCUT2D eigenvalue weighted by molar-refractivity contribution is 5.96. The molecular formula is C18H20O2. The molecular weight excluding hydrogens is 248 g/mol. The molecule has 0 bridgehead atoms. The molecule has 0 aliphatic heterocycles. The van der Waals surface area contributed by atoms with E-state index in [1.165, 1.54) is 0 Å². The first-order valence-corrected chi connectivity index (χ1v) is 6.93. The van der Waals surface area contributed by atoms with Gasteiger partial charge in [0.05, 0.1) is 0 Å². The summed E-state index contributed by atoms with van der Waals surface area (Å²) in [5.41, 5.74) is 3.99. The van der Waals surface area contributed by atoms with E-state index in [2.05, 4.69) is 6.92 Å². The smallest absolute Gasteiger partial charge is 0.160 e. The predicted molar refractivity (Wildman–Crippen MR) is 81.3 cm³/mol. The minimum Gasteiger partial charge on any atom is -0.489 e. The number of benzene rings is 2. The average Bonchev–Trinajstić information content (AvgIpc) is 2.46. The molecule has 20 heavy (non-hydrogen) atoms. The molecule has 0 N–H and O–H groups in total. The third kappa shape index (κ3) is 3.27. The second kappa shape index (κ2) is 6.38. The Bertz CT molecular complexity index is 600. The average molecular weight is 268 g/mol. The van der Waals surface area contributed by atoms with Gasteiger partial charge in [-0.15, -0.1) is 0 Å². The molecule has 0 saturated heterocycles. The molecule has 0 saturated carbocycles. The van der Waals surface area contributed by atoms with Gasteiger partial charge in [0.2, 0.25) is 0 Å². The zero-order chi connectivity index (χ0) is 14.5. The summed E-state index contributed by atoms with van der Waals surface area (Å²) in [6, 6.07) is 14.0. The van der Waals surface area contributed by atoms with E-state index in [0.717, 1.165) is 34.4 Å². The van der Waals surface area contributed by atoms with Crippen LogP contribution in [0.2, 0.25) is 0 Å². The topological polar surface area (TPSA) is 26.3 Å². The molecule has 104 valence electrons. The summed E-state index contributed by atoms with van der Waals surface area (Å²) in [4.78, 5) is 11.6. The lowest BCUT2D eigenvalue weighted by Crippen LogP contribution is -2.03. The second-order valence-electron chi connectivity index (χ2n) is 4.96. The van der Waals surface area contributed by atoms with Crippen molar-refractivity contribution in [2.24, 2.45) is 0 Å². The van der Waals surface area contributed by atoms with Gasteiger partial charge in [0.1, 0.15) is 12.4 Å². The molecule has 0 aromatic heterocycles. The Morgan fingerprint density at radius 2 is 1.85 bits per heavy atom. The van der Waals surface area contributed by atoms with Crippen LogP contribution in [0.5, 0.6) is 5.75 Å². The van der Waals surface area contributed by atoms with E-state index < -0.39 is 0 Å². The molecule has 2 rings (SSSR count). The Balaban J connectivity index is 2.22. The van der Waals surface area contributed by atoms with Crippen LogP contribution in [0.3, 0.4) is 0 Å². The van der Waals surface area contributed by atoms with Crippen LogP contribution in [-0.2, 0) is 13.0 Å². The van der Waals surface area contributed by atoms with Crippen LogP contribution in [0, 0.1) is 6.92 Å². The van der Waals surface area contributed by atoms with Crippen molar-refractivity contribution in [3.05, 3.63) is 64.7 Å². The largest absolute Gasteiger partial charge is 0.489 e. The number of carbonyl (C=O) groups excluding carboxylic acids is 1. The fourth-order valence-corrected chi connectivity index (χ4v) is 2.24. The third-order valence-corrected chi connectivity index (χ3v) is 3.40. The van der Waals surface area contributed by atoms with Gasteiger partial charge in [-0.25, -0.2) is 0 Å². The summed E-state index contributed by atoms with van der Waals surface area (Å²) in [5.74, 6) is 0.968. The minimum absolute atomic E-state index is 0.111. The van der Waals surface area contributed by atoms with Crippen LogP contribution in [0.4, 0.5) is 0 Å². The Morgan fingerprint density at radius 1 is 1.15 bits per heavy atom. The van der Waals surface area contributed by atoms with E-state index in [1.54, 1.807) is 6.92 Å². The highest BCUT2D eigenvalue weighted by atomic mass is 16.5. The highest BCUT2D eigenvalue weighted by Crippen LogP contribution is 2.25. The molecule has 2 heteroatoms. The van der Waals surface area contributed by atoms with E-state index in [9.17, 15) is 4.79 Å². The van der Waals surface area contributed by atoms with E-state index in [1.807, 2.05) is 49.4 Å². The van der Waals surface area contributed by atoms with Crippen molar-refractivity contribution in [2.45, 2.75) is 33.8 Å². The van der Waals surface area contributed by atoms with E-state index >= 15 is 0 Å². The predicted octanol–water partition coefficient (Wildman–Crippen LogP) is 4.34. The molecule has 0 radical (unpaired) electrons. The van der Waals surface area contributed by atoms with Crippen LogP contribution < -0.4 is 4.74 Å². The molecule has 0 spiro atoms. The first kappa shape index (κ1) is 14.3. The molecule has 2 nitrogen and oxygen atoms in total. The second-order valence-corrected chi connectivity index (χ2v) is 4.96. The maximum absolute atomic E-state index is 11.6. The maximum atomic E-state index is 11.6. The fraction of sp³-hybridized carbons (Fsp3) is 0.278. The van der Waals surface area contributed by atoms with Gasteiger partial charge < -0.3 is 4.74 Å². The Kier molecular flexibility index (Phi) is 4.57. The van der Waals surface area contributed by atoms with Crippen molar-refractivity contribution < 1.29 is 9.53 Å². The minimum atomic E-state index is 0.111. The van der Waals surface area contributed by atoms with Gasteiger partial charge in [-0.05, 0) is 49.1 Å². The molecule has 0 heterocycles. The molecule has 0 atom stereocenters. The van der Waals surface area contributed by atoms with Crippen molar-refractivity contribution in [3.8, 4) is 5.75 Å². The zero-order valence-corrected chi connectivity index (χ0v) is 12.3. The number of hydrogen-bond acceptors (Lipinski definition) is 2. The first-order valence-electron chi connectivity index (χ1n) is 6.93. The van der Waals surface area contributed by atoms with Crippen LogP contribution in [0.15, 0.2) is 42.5 Å². The van der Waals surface area contributed by atoms with Gasteiger partial charge in [-0.3, -0.25) is 4.79 Å². The number of aryl methyl sites for hydroxylation is 2. The summed E-state index contributed by atoms with van der Waals surface area (Å²) >= 11 is 0. The number of ketones is 1. The van der Waals surface area contributed by atoms with E-state index in [0.29, 0.717) is 6.61 Å². The van der Waals surface area contributed by atoms with Gasteiger partial charge >= 0.3 is 0 Å². The van der Waals surface area contributed by atoms with Crippen molar-refractivity contribution in [2.75, 3.05) is 0 Å². The number of Topliss-reactive ketones (excluding diaryl/α,β-unsaturated/α-hetero) is 1. The van der Waals surface area contributed by atoms with Gasteiger partial charge in [0.25, 0.3) is 0 Å². The summed E-state index contributed by atoms with van der Waals surface area (Å²) < 4.78 is 5.89. The summed E-state index contributed by atoms with van der Waals surface area (Å²) in [6.07, 6.45) is 0.830. The first-order chi connectivity index (χ1) is 9.61. The van der Waals surface area contributed by atoms with E-state index in [4.69, 9.17) is 4.74 Å². The molecule has 0 fully saturated rings. The van der Waals surface area contributed by atoms with Crippen molar-refractivity contribution in [3.63, 3.8) is 0 Å². The molecule has 0 aliphatic carbocycles. The highest BCUT2D eigenvalue weighted by Gasteiger charge is 2.10. The molecule has 2 aromatic rings. The number of ether oxygens (including phenoxy) is 1. The maximum Gasteiger partial charge on any atom is 0.160 e. The third-order valence-electron chi connectivity index (χ3n) is 3.40. The standard InChI is InChI=1S/C18H20O2/c1-4-16-11-18(13(2)10-17(16)14(3)19)20-12-15-8-6-5-7-9-15/h5-11H,4,12H2,1-3H3. The monoisotopic (exact) mass is 268 g/mol. The normalized spacial score (nSPS) is 10.3. The molecule has 0 unspecified atom stereocenters. The number of carbonyl (C=O) groups is 1. The van der Waals surface area contributed by atoms with E-state index in [-0.39, 0.29) is 5.78 Å². The number of hydrogen-bond donors (Lipinski definition) is 0. The van der Waals surface area contributed by atoms with Crippen LogP contribution in [0.1, 0.15) is 40.9 Å². The summed E-state index contributed by atoms with van der Waals surface area (Å²) in [6.45, 7) is 6.19. The zero-order valence-electron chi connectivity index (χ0n) is 12.3. The molecule has 0 aliphatic rings. The summed E-state index contributed by atoms with van der Waals surface area (Å²) in [7, 11) is 0. The Morgan fingerprint density at radius 3 is 2.45 bits per heavy atom. The Labute approximate surface area is 120 Å². The SMILES string of the molecule is CCc1cc(OCc2ccccc2)c(C)cc1C(C)=O. The Hall–Kier alpha value is -2.09. The lowest BCUT2D eigenvalue weighted by atomic mass is 9.99. The van der Waals surface area contributed by atoms with Gasteiger partial charge in [0.15, 0.2) is 5.78 Å². The fourth-order valence-electron chi connectivity index (χ4n) is 2.24. The lowest BCUT2D eigenvalue weighted by Gasteiger charge is -2.13. The van der Waals surface area contributed by atoms with Crippen LogP contribution >= 0.6 is 0 Å². The molecule has 0 amide bonds. The summed E-state index contributed by atoms with van der Waals surface area (Å²) in [5, 5.41) is 0.